The summed E-state index contributed by atoms with van der Waals surface area (Å²) < 4.78 is 2.37. The van der Waals surface area contributed by atoms with Crippen LogP contribution in [0.1, 0.15) is 30.2 Å². The number of thioether (sulfide) groups is 1. The Hall–Kier alpha value is -1.74. The van der Waals surface area contributed by atoms with Crippen molar-refractivity contribution in [1.82, 2.24) is 9.55 Å². The van der Waals surface area contributed by atoms with Crippen LogP contribution in [0.2, 0.25) is 0 Å². The van der Waals surface area contributed by atoms with E-state index < -0.39 is 0 Å². The van der Waals surface area contributed by atoms with Gasteiger partial charge in [-0.3, -0.25) is 0 Å². The second kappa shape index (κ2) is 6.57. The van der Waals surface area contributed by atoms with Gasteiger partial charge >= 0.3 is 0 Å². The van der Waals surface area contributed by atoms with Gasteiger partial charge in [-0.05, 0) is 37.3 Å². The first kappa shape index (κ1) is 15.2. The van der Waals surface area contributed by atoms with Gasteiger partial charge in [-0.25, -0.2) is 4.98 Å². The van der Waals surface area contributed by atoms with Crippen LogP contribution in [0.4, 0.5) is 0 Å². The normalized spacial score (nSPS) is 11.2. The van der Waals surface area contributed by atoms with E-state index in [1.807, 2.05) is 6.20 Å². The number of rotatable bonds is 5. The second-order valence-electron chi connectivity index (χ2n) is 5.75. The maximum absolute atomic E-state index is 4.71. The minimum absolute atomic E-state index is 0.894. The SMILES string of the molecule is CCCc1cc2cc(SC)cnc2n1Cc1ccc(C)cc1. The molecule has 0 bridgehead atoms. The highest BCUT2D eigenvalue weighted by atomic mass is 32.2. The summed E-state index contributed by atoms with van der Waals surface area (Å²) in [6.07, 6.45) is 6.32. The van der Waals surface area contributed by atoms with Gasteiger partial charge in [-0.15, -0.1) is 11.8 Å². The number of aromatic nitrogens is 2. The second-order valence-corrected chi connectivity index (χ2v) is 6.63. The molecule has 114 valence electrons. The molecule has 0 saturated heterocycles. The van der Waals surface area contributed by atoms with Gasteiger partial charge in [0.25, 0.3) is 0 Å². The molecular formula is C19H22N2S. The Labute approximate surface area is 136 Å². The Morgan fingerprint density at radius 3 is 2.59 bits per heavy atom. The van der Waals surface area contributed by atoms with E-state index in [0.29, 0.717) is 0 Å². The topological polar surface area (TPSA) is 17.8 Å². The van der Waals surface area contributed by atoms with Crippen LogP contribution < -0.4 is 0 Å². The summed E-state index contributed by atoms with van der Waals surface area (Å²) in [4.78, 5) is 5.94. The van der Waals surface area contributed by atoms with E-state index in [1.165, 1.54) is 27.1 Å². The van der Waals surface area contributed by atoms with Crippen LogP contribution in [0.15, 0.2) is 47.5 Å². The van der Waals surface area contributed by atoms with Crippen LogP contribution in [0.3, 0.4) is 0 Å². The Bertz CT molecular complexity index is 772. The first-order valence-electron chi connectivity index (χ1n) is 7.79. The van der Waals surface area contributed by atoms with E-state index in [4.69, 9.17) is 4.98 Å². The number of hydrogen-bond acceptors (Lipinski definition) is 2. The quantitative estimate of drug-likeness (QED) is 0.612. The molecule has 2 heterocycles. The average Bonchev–Trinajstić information content (AvgIpc) is 2.86. The Morgan fingerprint density at radius 2 is 1.91 bits per heavy atom. The molecule has 2 aromatic heterocycles. The third-order valence-electron chi connectivity index (χ3n) is 4.00. The lowest BCUT2D eigenvalue weighted by Gasteiger charge is -2.10. The third-order valence-corrected chi connectivity index (χ3v) is 4.69. The van der Waals surface area contributed by atoms with Crippen molar-refractivity contribution in [2.75, 3.05) is 6.26 Å². The largest absolute Gasteiger partial charge is 0.325 e. The fourth-order valence-electron chi connectivity index (χ4n) is 2.81. The van der Waals surface area contributed by atoms with Crippen molar-refractivity contribution in [3.05, 3.63) is 59.4 Å². The fraction of sp³-hybridized carbons (Fsp3) is 0.316. The molecule has 0 fully saturated rings. The van der Waals surface area contributed by atoms with E-state index in [1.54, 1.807) is 11.8 Å². The minimum atomic E-state index is 0.894. The lowest BCUT2D eigenvalue weighted by atomic mass is 10.1. The number of pyridine rings is 1. The molecule has 22 heavy (non-hydrogen) atoms. The zero-order valence-corrected chi connectivity index (χ0v) is 14.3. The van der Waals surface area contributed by atoms with Gasteiger partial charge in [0.2, 0.25) is 0 Å². The van der Waals surface area contributed by atoms with E-state index in [2.05, 4.69) is 61.1 Å². The summed E-state index contributed by atoms with van der Waals surface area (Å²) >= 11 is 1.75. The van der Waals surface area contributed by atoms with Crippen LogP contribution in [0, 0.1) is 6.92 Å². The van der Waals surface area contributed by atoms with Crippen LogP contribution in [0.5, 0.6) is 0 Å². The maximum atomic E-state index is 4.71. The number of benzene rings is 1. The third kappa shape index (κ3) is 3.05. The maximum Gasteiger partial charge on any atom is 0.140 e. The zero-order valence-electron chi connectivity index (χ0n) is 13.5. The molecule has 0 N–H and O–H groups in total. The summed E-state index contributed by atoms with van der Waals surface area (Å²) in [5, 5.41) is 1.25. The monoisotopic (exact) mass is 310 g/mol. The highest BCUT2D eigenvalue weighted by Gasteiger charge is 2.10. The molecule has 0 radical (unpaired) electrons. The molecule has 0 spiro atoms. The highest BCUT2D eigenvalue weighted by molar-refractivity contribution is 7.98. The molecule has 3 aromatic rings. The van der Waals surface area contributed by atoms with Gasteiger partial charge in [-0.2, -0.15) is 0 Å². The van der Waals surface area contributed by atoms with Gasteiger partial charge in [0.05, 0.1) is 0 Å². The zero-order chi connectivity index (χ0) is 15.5. The summed E-state index contributed by atoms with van der Waals surface area (Å²) in [5.41, 5.74) is 5.11. The summed E-state index contributed by atoms with van der Waals surface area (Å²) in [6.45, 7) is 5.25. The van der Waals surface area contributed by atoms with Crippen LogP contribution in [-0.2, 0) is 13.0 Å². The van der Waals surface area contributed by atoms with Gasteiger partial charge in [0, 0.05) is 28.7 Å². The first-order chi connectivity index (χ1) is 10.7. The molecule has 0 amide bonds. The molecule has 1 aromatic carbocycles. The smallest absolute Gasteiger partial charge is 0.140 e. The molecular weight excluding hydrogens is 288 g/mol. The van der Waals surface area contributed by atoms with Crippen molar-refractivity contribution in [2.45, 2.75) is 38.1 Å². The number of aryl methyl sites for hydroxylation is 2. The number of fused-ring (bicyclic) bond motifs is 1. The molecule has 0 unspecified atom stereocenters. The molecule has 0 saturated carbocycles. The van der Waals surface area contributed by atoms with Gasteiger partial charge in [-0.1, -0.05) is 43.2 Å². The van der Waals surface area contributed by atoms with Crippen LogP contribution >= 0.6 is 11.8 Å². The summed E-state index contributed by atoms with van der Waals surface area (Å²) in [6, 6.07) is 13.3. The van der Waals surface area contributed by atoms with Crippen molar-refractivity contribution < 1.29 is 0 Å². The van der Waals surface area contributed by atoms with Crippen molar-refractivity contribution in [3.8, 4) is 0 Å². The van der Waals surface area contributed by atoms with E-state index in [0.717, 1.165) is 25.0 Å². The van der Waals surface area contributed by atoms with Crippen molar-refractivity contribution in [2.24, 2.45) is 0 Å². The molecule has 0 aliphatic rings. The molecule has 3 heteroatoms. The first-order valence-corrected chi connectivity index (χ1v) is 9.01. The molecule has 2 nitrogen and oxygen atoms in total. The highest BCUT2D eigenvalue weighted by Crippen LogP contribution is 2.25. The number of hydrogen-bond donors (Lipinski definition) is 0. The van der Waals surface area contributed by atoms with Gasteiger partial charge < -0.3 is 4.57 Å². The lowest BCUT2D eigenvalue weighted by Crippen LogP contribution is -2.05. The van der Waals surface area contributed by atoms with E-state index in [9.17, 15) is 0 Å². The van der Waals surface area contributed by atoms with Gasteiger partial charge in [0.1, 0.15) is 5.65 Å². The Morgan fingerprint density at radius 1 is 1.14 bits per heavy atom. The lowest BCUT2D eigenvalue weighted by molar-refractivity contribution is 0.739. The summed E-state index contributed by atoms with van der Waals surface area (Å²) in [7, 11) is 0. The van der Waals surface area contributed by atoms with Crippen molar-refractivity contribution in [1.29, 1.82) is 0 Å². The Kier molecular flexibility index (Phi) is 4.53. The van der Waals surface area contributed by atoms with Gasteiger partial charge in [0.15, 0.2) is 0 Å². The van der Waals surface area contributed by atoms with Crippen LogP contribution in [-0.4, -0.2) is 15.8 Å². The van der Waals surface area contributed by atoms with Crippen molar-refractivity contribution >= 4 is 22.8 Å². The molecule has 3 rings (SSSR count). The fourth-order valence-corrected chi connectivity index (χ4v) is 3.21. The minimum Gasteiger partial charge on any atom is -0.325 e. The Balaban J connectivity index is 2.05. The molecule has 0 atom stereocenters. The van der Waals surface area contributed by atoms with E-state index in [-0.39, 0.29) is 0 Å². The van der Waals surface area contributed by atoms with Crippen LogP contribution in [0.25, 0.3) is 11.0 Å². The predicted octanol–water partition coefficient (Wildman–Crippen LogP) is 5.07. The predicted molar refractivity (Wildman–Crippen MR) is 95.8 cm³/mol. The molecule has 0 aliphatic carbocycles. The average molecular weight is 310 g/mol. The summed E-state index contributed by atoms with van der Waals surface area (Å²) in [5.74, 6) is 0. The van der Waals surface area contributed by atoms with E-state index >= 15 is 0 Å². The standard InChI is InChI=1S/C19H22N2S/c1-4-5-17-10-16-11-18(22-3)12-20-19(16)21(17)13-15-8-6-14(2)7-9-15/h6-12H,4-5,13H2,1-3H3. The number of nitrogens with zero attached hydrogens (tertiary/aromatic N) is 2. The molecule has 0 aliphatic heterocycles. The van der Waals surface area contributed by atoms with Crippen molar-refractivity contribution in [3.63, 3.8) is 0 Å².